The van der Waals surface area contributed by atoms with Crippen molar-refractivity contribution < 1.29 is 27.8 Å². The summed E-state index contributed by atoms with van der Waals surface area (Å²) >= 11 is 0. The van der Waals surface area contributed by atoms with Crippen LogP contribution in [-0.4, -0.2) is 25.5 Å². The molecule has 1 aromatic rings. The van der Waals surface area contributed by atoms with Gasteiger partial charge in [-0.2, -0.15) is 4.39 Å². The molecule has 0 radical (unpaired) electrons. The molecule has 0 aromatic heterocycles. The molecular formula is C14H18F2O4. The topological polar surface area (TPSA) is 44.8 Å². The van der Waals surface area contributed by atoms with Crippen molar-refractivity contribution in [3.63, 3.8) is 0 Å². The van der Waals surface area contributed by atoms with E-state index < -0.39 is 11.6 Å². The van der Waals surface area contributed by atoms with E-state index in [2.05, 4.69) is 4.74 Å². The smallest absolute Gasteiger partial charge is 0.304 e. The summed E-state index contributed by atoms with van der Waals surface area (Å²) in [5, 5.41) is 0. The Morgan fingerprint density at radius 3 is 2.50 bits per heavy atom. The van der Waals surface area contributed by atoms with E-state index in [9.17, 15) is 13.6 Å². The van der Waals surface area contributed by atoms with Gasteiger partial charge in [-0.25, -0.2) is 4.39 Å². The number of benzene rings is 1. The van der Waals surface area contributed by atoms with Gasteiger partial charge < -0.3 is 14.2 Å². The molecule has 0 aliphatic carbocycles. The normalized spacial score (nSPS) is 20.9. The summed E-state index contributed by atoms with van der Waals surface area (Å²) in [5.41, 5.74) is 0. The maximum Gasteiger partial charge on any atom is 0.304 e. The zero-order chi connectivity index (χ0) is 15.1. The van der Waals surface area contributed by atoms with Gasteiger partial charge in [0.1, 0.15) is 0 Å². The molecule has 0 bridgehead atoms. The van der Waals surface area contributed by atoms with Gasteiger partial charge in [-0.15, -0.1) is 0 Å². The standard InChI is InChI=1S/C7H6F2O.C7H12O3/c1-10-6-4-2-3-5(8)7(6)9;1-5-3-4-7(9-5)10-6(2)8/h2-4H,1H3;5,7H,3-4H2,1-2H3. The van der Waals surface area contributed by atoms with Crippen LogP contribution < -0.4 is 4.74 Å². The van der Waals surface area contributed by atoms with E-state index >= 15 is 0 Å². The first kappa shape index (κ1) is 16.4. The Kier molecular flexibility index (Phi) is 6.38. The van der Waals surface area contributed by atoms with Crippen LogP contribution in [0.3, 0.4) is 0 Å². The number of rotatable bonds is 2. The number of carbonyl (C=O) groups is 1. The molecule has 1 saturated heterocycles. The van der Waals surface area contributed by atoms with Crippen LogP contribution in [0.4, 0.5) is 8.78 Å². The van der Waals surface area contributed by atoms with Gasteiger partial charge in [0, 0.05) is 13.3 Å². The highest BCUT2D eigenvalue weighted by molar-refractivity contribution is 5.66. The zero-order valence-electron chi connectivity index (χ0n) is 11.7. The van der Waals surface area contributed by atoms with Gasteiger partial charge in [-0.3, -0.25) is 4.79 Å². The lowest BCUT2D eigenvalue weighted by atomic mass is 10.3. The van der Waals surface area contributed by atoms with Gasteiger partial charge in [-0.1, -0.05) is 6.07 Å². The second kappa shape index (κ2) is 7.79. The van der Waals surface area contributed by atoms with Gasteiger partial charge in [0.05, 0.1) is 13.2 Å². The van der Waals surface area contributed by atoms with Gasteiger partial charge in [-0.05, 0) is 25.5 Å². The quantitative estimate of drug-likeness (QED) is 0.785. The van der Waals surface area contributed by atoms with Crippen LogP contribution in [0.2, 0.25) is 0 Å². The van der Waals surface area contributed by atoms with Gasteiger partial charge >= 0.3 is 5.97 Å². The lowest BCUT2D eigenvalue weighted by molar-refractivity contribution is -0.171. The largest absolute Gasteiger partial charge is 0.494 e. The average Bonchev–Trinajstić information content (AvgIpc) is 2.78. The van der Waals surface area contributed by atoms with Crippen LogP contribution in [0.5, 0.6) is 5.75 Å². The van der Waals surface area contributed by atoms with E-state index in [1.165, 1.54) is 26.2 Å². The lowest BCUT2D eigenvalue weighted by Gasteiger charge is -2.09. The molecule has 1 fully saturated rings. The third kappa shape index (κ3) is 5.13. The lowest BCUT2D eigenvalue weighted by Crippen LogP contribution is -2.15. The molecule has 2 unspecified atom stereocenters. The first-order valence-corrected chi connectivity index (χ1v) is 6.24. The Balaban J connectivity index is 0.000000200. The Morgan fingerprint density at radius 2 is 2.05 bits per heavy atom. The van der Waals surface area contributed by atoms with Crippen molar-refractivity contribution in [2.45, 2.75) is 39.1 Å². The highest BCUT2D eigenvalue weighted by Gasteiger charge is 2.23. The third-order valence-electron chi connectivity index (χ3n) is 2.63. The van der Waals surface area contributed by atoms with Crippen molar-refractivity contribution in [3.05, 3.63) is 29.8 Å². The SMILES string of the molecule is CC(=O)OC1CCC(C)O1.COc1cccc(F)c1F. The molecular weight excluding hydrogens is 270 g/mol. The van der Waals surface area contributed by atoms with Gasteiger partial charge in [0.15, 0.2) is 11.6 Å². The van der Waals surface area contributed by atoms with Gasteiger partial charge in [0.25, 0.3) is 0 Å². The number of methoxy groups -OCH3 is 1. The average molecular weight is 288 g/mol. The first-order valence-electron chi connectivity index (χ1n) is 6.24. The van der Waals surface area contributed by atoms with E-state index in [1.807, 2.05) is 6.92 Å². The molecule has 0 amide bonds. The van der Waals surface area contributed by atoms with Crippen molar-refractivity contribution in [2.75, 3.05) is 7.11 Å². The second-order valence-corrected chi connectivity index (χ2v) is 4.32. The number of hydrogen-bond acceptors (Lipinski definition) is 4. The summed E-state index contributed by atoms with van der Waals surface area (Å²) in [6.45, 7) is 3.37. The molecule has 2 rings (SSSR count). The molecule has 6 heteroatoms. The molecule has 0 N–H and O–H groups in total. The highest BCUT2D eigenvalue weighted by Crippen LogP contribution is 2.19. The summed E-state index contributed by atoms with van der Waals surface area (Å²) in [6.07, 6.45) is 1.77. The maximum absolute atomic E-state index is 12.5. The van der Waals surface area contributed by atoms with E-state index in [0.717, 1.165) is 18.9 Å². The minimum absolute atomic E-state index is 0.0694. The van der Waals surface area contributed by atoms with E-state index in [4.69, 9.17) is 9.47 Å². The molecule has 1 aromatic carbocycles. The Morgan fingerprint density at radius 1 is 1.35 bits per heavy atom. The molecule has 1 heterocycles. The monoisotopic (exact) mass is 288 g/mol. The Bertz CT molecular complexity index is 451. The van der Waals surface area contributed by atoms with Crippen molar-refractivity contribution in [1.29, 1.82) is 0 Å². The summed E-state index contributed by atoms with van der Waals surface area (Å²) in [5.74, 6) is -2.16. The summed E-state index contributed by atoms with van der Waals surface area (Å²) < 4.78 is 39.4. The maximum atomic E-state index is 12.5. The molecule has 0 spiro atoms. The van der Waals surface area contributed by atoms with Crippen LogP contribution in [-0.2, 0) is 14.3 Å². The van der Waals surface area contributed by atoms with Crippen molar-refractivity contribution >= 4 is 5.97 Å². The Labute approximate surface area is 116 Å². The van der Waals surface area contributed by atoms with Crippen LogP contribution in [0, 0.1) is 11.6 Å². The summed E-state index contributed by atoms with van der Waals surface area (Å²) in [4.78, 5) is 10.4. The molecule has 0 saturated carbocycles. The number of hydrogen-bond donors (Lipinski definition) is 0. The van der Waals surface area contributed by atoms with Crippen molar-refractivity contribution in [2.24, 2.45) is 0 Å². The minimum Gasteiger partial charge on any atom is -0.494 e. The van der Waals surface area contributed by atoms with Crippen molar-refractivity contribution in [1.82, 2.24) is 0 Å². The molecule has 4 nitrogen and oxygen atoms in total. The highest BCUT2D eigenvalue weighted by atomic mass is 19.2. The molecule has 2 atom stereocenters. The second-order valence-electron chi connectivity index (χ2n) is 4.32. The van der Waals surface area contributed by atoms with E-state index in [0.29, 0.717) is 0 Å². The fourth-order valence-corrected chi connectivity index (χ4v) is 1.68. The van der Waals surface area contributed by atoms with E-state index in [1.54, 1.807) is 0 Å². The minimum atomic E-state index is -0.940. The summed E-state index contributed by atoms with van der Waals surface area (Å²) in [7, 11) is 1.29. The fraction of sp³-hybridized carbons (Fsp3) is 0.500. The number of esters is 1. The van der Waals surface area contributed by atoms with Crippen molar-refractivity contribution in [3.8, 4) is 5.75 Å². The first-order chi connectivity index (χ1) is 9.43. The number of carbonyl (C=O) groups excluding carboxylic acids is 1. The summed E-state index contributed by atoms with van der Waals surface area (Å²) in [6, 6.07) is 3.79. The molecule has 1 aliphatic rings. The fourth-order valence-electron chi connectivity index (χ4n) is 1.68. The predicted octanol–water partition coefficient (Wildman–Crippen LogP) is 3.05. The predicted molar refractivity (Wildman–Crippen MR) is 68.2 cm³/mol. The molecule has 112 valence electrons. The van der Waals surface area contributed by atoms with Gasteiger partial charge in [0.2, 0.25) is 12.1 Å². The number of ether oxygens (including phenoxy) is 3. The van der Waals surface area contributed by atoms with Crippen LogP contribution >= 0.6 is 0 Å². The van der Waals surface area contributed by atoms with Crippen LogP contribution in [0.25, 0.3) is 0 Å². The molecule has 1 aliphatic heterocycles. The zero-order valence-corrected chi connectivity index (χ0v) is 11.7. The third-order valence-corrected chi connectivity index (χ3v) is 2.63. The van der Waals surface area contributed by atoms with Crippen LogP contribution in [0.1, 0.15) is 26.7 Å². The number of halogens is 2. The van der Waals surface area contributed by atoms with Crippen LogP contribution in [0.15, 0.2) is 18.2 Å². The molecule has 20 heavy (non-hydrogen) atoms. The Hall–Kier alpha value is -1.69. The van der Waals surface area contributed by atoms with E-state index in [-0.39, 0.29) is 24.1 Å².